The summed E-state index contributed by atoms with van der Waals surface area (Å²) in [6, 6.07) is 11.0. The summed E-state index contributed by atoms with van der Waals surface area (Å²) in [5, 5.41) is 2.86. The van der Waals surface area contributed by atoms with E-state index in [9.17, 15) is 18.0 Å². The third kappa shape index (κ3) is 5.05. The molecule has 3 rings (SSSR count). The zero-order valence-corrected chi connectivity index (χ0v) is 18.6. The van der Waals surface area contributed by atoms with Gasteiger partial charge in [0.05, 0.1) is 24.8 Å². The van der Waals surface area contributed by atoms with Gasteiger partial charge < -0.3 is 14.8 Å². The first-order valence-electron chi connectivity index (χ1n) is 9.90. The van der Waals surface area contributed by atoms with Crippen LogP contribution in [0.4, 0.5) is 5.69 Å². The van der Waals surface area contributed by atoms with Crippen LogP contribution in [-0.2, 0) is 14.8 Å². The van der Waals surface area contributed by atoms with E-state index in [-0.39, 0.29) is 35.6 Å². The molecule has 1 aliphatic rings. The summed E-state index contributed by atoms with van der Waals surface area (Å²) in [6.07, 6.45) is 0.811. The molecular formula is C22H26N2O6S. The van der Waals surface area contributed by atoms with Gasteiger partial charge >= 0.3 is 0 Å². The number of piperidine rings is 1. The molecule has 0 saturated carbocycles. The maximum Gasteiger partial charge on any atom is 0.243 e. The van der Waals surface area contributed by atoms with Crippen LogP contribution in [-0.4, -0.2) is 51.7 Å². The van der Waals surface area contributed by atoms with Crippen LogP contribution in [0.3, 0.4) is 0 Å². The summed E-state index contributed by atoms with van der Waals surface area (Å²) in [4.78, 5) is 24.3. The fourth-order valence-corrected chi connectivity index (χ4v) is 4.99. The van der Waals surface area contributed by atoms with Crippen LogP contribution in [0, 0.1) is 5.92 Å². The number of hydrogen-bond acceptors (Lipinski definition) is 6. The summed E-state index contributed by atoms with van der Waals surface area (Å²) in [5.74, 6) is 0.483. The molecular weight excluding hydrogens is 420 g/mol. The number of sulfonamides is 1. The van der Waals surface area contributed by atoms with E-state index in [1.54, 1.807) is 18.2 Å². The molecule has 1 aliphatic heterocycles. The first kappa shape index (κ1) is 22.8. The SMILES string of the molecule is COc1ccc(OC)c(NC(=O)C2CCN(S(=O)(=O)c3ccc(C(C)=O)cc3)CC2)c1. The molecule has 2 aromatic carbocycles. The number of nitrogens with one attached hydrogen (secondary N) is 1. The van der Waals surface area contributed by atoms with Gasteiger partial charge in [-0.3, -0.25) is 9.59 Å². The molecule has 1 amide bonds. The Kier molecular flexibility index (Phi) is 6.97. The Hall–Kier alpha value is -2.91. The second-order valence-corrected chi connectivity index (χ2v) is 9.25. The van der Waals surface area contributed by atoms with Crippen molar-refractivity contribution in [2.24, 2.45) is 5.92 Å². The zero-order valence-electron chi connectivity index (χ0n) is 17.8. The Balaban J connectivity index is 1.65. The molecule has 0 unspecified atom stereocenters. The maximum atomic E-state index is 12.9. The van der Waals surface area contributed by atoms with Crippen LogP contribution in [0.2, 0.25) is 0 Å². The van der Waals surface area contributed by atoms with E-state index in [0.29, 0.717) is 35.6 Å². The summed E-state index contributed by atoms with van der Waals surface area (Å²) in [7, 11) is -0.622. The van der Waals surface area contributed by atoms with Gasteiger partial charge in [-0.05, 0) is 44.0 Å². The highest BCUT2D eigenvalue weighted by Crippen LogP contribution is 2.31. The van der Waals surface area contributed by atoms with E-state index in [0.717, 1.165) is 0 Å². The number of amides is 1. The minimum Gasteiger partial charge on any atom is -0.497 e. The lowest BCUT2D eigenvalue weighted by Crippen LogP contribution is -2.41. The molecule has 0 aliphatic carbocycles. The molecule has 0 aromatic heterocycles. The second kappa shape index (κ2) is 9.49. The van der Waals surface area contributed by atoms with Crippen LogP contribution < -0.4 is 14.8 Å². The first-order chi connectivity index (χ1) is 14.8. The number of hydrogen-bond donors (Lipinski definition) is 1. The van der Waals surface area contributed by atoms with Crippen molar-refractivity contribution in [2.45, 2.75) is 24.7 Å². The van der Waals surface area contributed by atoms with Crippen molar-refractivity contribution in [3.05, 3.63) is 48.0 Å². The highest BCUT2D eigenvalue weighted by Gasteiger charge is 2.32. The van der Waals surface area contributed by atoms with Gasteiger partial charge in [-0.25, -0.2) is 8.42 Å². The van der Waals surface area contributed by atoms with Crippen molar-refractivity contribution < 1.29 is 27.5 Å². The van der Waals surface area contributed by atoms with Gasteiger partial charge in [0, 0.05) is 30.6 Å². The van der Waals surface area contributed by atoms with E-state index in [1.165, 1.54) is 49.7 Å². The van der Waals surface area contributed by atoms with E-state index >= 15 is 0 Å². The minimum absolute atomic E-state index is 0.122. The molecule has 1 N–H and O–H groups in total. The van der Waals surface area contributed by atoms with Crippen LogP contribution in [0.15, 0.2) is 47.4 Å². The number of benzene rings is 2. The summed E-state index contributed by atoms with van der Waals surface area (Å²) in [6.45, 7) is 1.91. The molecule has 8 nitrogen and oxygen atoms in total. The van der Waals surface area contributed by atoms with Gasteiger partial charge in [0.2, 0.25) is 15.9 Å². The molecule has 31 heavy (non-hydrogen) atoms. The zero-order chi connectivity index (χ0) is 22.6. The number of methoxy groups -OCH3 is 2. The lowest BCUT2D eigenvalue weighted by Gasteiger charge is -2.30. The van der Waals surface area contributed by atoms with Crippen LogP contribution in [0.1, 0.15) is 30.1 Å². The lowest BCUT2D eigenvalue weighted by molar-refractivity contribution is -0.120. The average molecular weight is 447 g/mol. The maximum absolute atomic E-state index is 12.9. The quantitative estimate of drug-likeness (QED) is 0.656. The Morgan fingerprint density at radius 2 is 1.65 bits per heavy atom. The number of ether oxygens (including phenoxy) is 2. The molecule has 2 aromatic rings. The molecule has 0 spiro atoms. The van der Waals surface area contributed by atoms with Gasteiger partial charge in [0.15, 0.2) is 5.78 Å². The minimum atomic E-state index is -3.68. The molecule has 1 fully saturated rings. The lowest BCUT2D eigenvalue weighted by atomic mass is 9.97. The molecule has 1 heterocycles. The van der Waals surface area contributed by atoms with Crippen molar-refractivity contribution in [3.63, 3.8) is 0 Å². The Morgan fingerprint density at radius 3 is 2.19 bits per heavy atom. The molecule has 166 valence electrons. The van der Waals surface area contributed by atoms with E-state index < -0.39 is 10.0 Å². The van der Waals surface area contributed by atoms with E-state index in [4.69, 9.17) is 9.47 Å². The molecule has 1 saturated heterocycles. The van der Waals surface area contributed by atoms with Crippen molar-refractivity contribution in [1.82, 2.24) is 4.31 Å². The van der Waals surface area contributed by atoms with Gasteiger partial charge in [0.25, 0.3) is 0 Å². The van der Waals surface area contributed by atoms with Crippen LogP contribution in [0.5, 0.6) is 11.5 Å². The average Bonchev–Trinajstić information content (AvgIpc) is 2.79. The van der Waals surface area contributed by atoms with Gasteiger partial charge in [0.1, 0.15) is 11.5 Å². The van der Waals surface area contributed by atoms with Crippen molar-refractivity contribution >= 4 is 27.4 Å². The number of carbonyl (C=O) groups is 2. The molecule has 0 radical (unpaired) electrons. The number of carbonyl (C=O) groups excluding carboxylic acids is 2. The highest BCUT2D eigenvalue weighted by atomic mass is 32.2. The fraction of sp³-hybridized carbons (Fsp3) is 0.364. The first-order valence-corrected chi connectivity index (χ1v) is 11.3. The second-order valence-electron chi connectivity index (χ2n) is 7.31. The standard InChI is InChI=1S/C22H26N2O6S/c1-15(25)16-4-7-19(8-5-16)31(27,28)24-12-10-17(11-13-24)22(26)23-20-14-18(29-2)6-9-21(20)30-3/h4-9,14,17H,10-13H2,1-3H3,(H,23,26). The number of ketones is 1. The number of rotatable bonds is 7. The predicted molar refractivity (Wildman–Crippen MR) is 116 cm³/mol. The number of anilines is 1. The van der Waals surface area contributed by atoms with Crippen molar-refractivity contribution in [1.29, 1.82) is 0 Å². The third-order valence-electron chi connectivity index (χ3n) is 5.39. The monoisotopic (exact) mass is 446 g/mol. The van der Waals surface area contributed by atoms with Crippen molar-refractivity contribution in [2.75, 3.05) is 32.6 Å². The summed E-state index contributed by atoms with van der Waals surface area (Å²) in [5.41, 5.74) is 0.967. The number of nitrogens with zero attached hydrogens (tertiary/aromatic N) is 1. The number of Topliss-reactive ketones (excluding diaryl/α,β-unsaturated/α-hetero) is 1. The summed E-state index contributed by atoms with van der Waals surface area (Å²) >= 11 is 0. The topological polar surface area (TPSA) is 102 Å². The van der Waals surface area contributed by atoms with Crippen LogP contribution in [0.25, 0.3) is 0 Å². The Bertz CT molecular complexity index is 1060. The normalized spacial score (nSPS) is 15.3. The Labute approximate surface area is 182 Å². The van der Waals surface area contributed by atoms with E-state index in [1.807, 2.05) is 0 Å². The highest BCUT2D eigenvalue weighted by molar-refractivity contribution is 7.89. The molecule has 0 bridgehead atoms. The largest absolute Gasteiger partial charge is 0.497 e. The fourth-order valence-electron chi connectivity index (χ4n) is 3.52. The van der Waals surface area contributed by atoms with E-state index in [2.05, 4.69) is 5.32 Å². The van der Waals surface area contributed by atoms with Gasteiger partial charge in [-0.15, -0.1) is 0 Å². The third-order valence-corrected chi connectivity index (χ3v) is 7.30. The molecule has 9 heteroatoms. The summed E-state index contributed by atoms with van der Waals surface area (Å²) < 4.78 is 37.7. The van der Waals surface area contributed by atoms with Gasteiger partial charge in [-0.2, -0.15) is 4.31 Å². The Morgan fingerprint density at radius 1 is 1.00 bits per heavy atom. The van der Waals surface area contributed by atoms with Crippen molar-refractivity contribution in [3.8, 4) is 11.5 Å². The molecule has 0 atom stereocenters. The smallest absolute Gasteiger partial charge is 0.243 e. The van der Waals surface area contributed by atoms with Gasteiger partial charge in [-0.1, -0.05) is 12.1 Å². The predicted octanol–water partition coefficient (Wildman–Crippen LogP) is 2.95. The van der Waals surface area contributed by atoms with Crippen LogP contribution >= 0.6 is 0 Å².